The van der Waals surface area contributed by atoms with Gasteiger partial charge in [-0.2, -0.15) is 0 Å². The van der Waals surface area contributed by atoms with Crippen LogP contribution in [0.2, 0.25) is 0 Å². The summed E-state index contributed by atoms with van der Waals surface area (Å²) in [5.41, 5.74) is 6.07. The van der Waals surface area contributed by atoms with Crippen molar-refractivity contribution in [3.05, 3.63) is 59.2 Å². The Morgan fingerprint density at radius 3 is 2.23 bits per heavy atom. The maximum Gasteiger partial charge on any atom is 0.0412 e. The van der Waals surface area contributed by atoms with Gasteiger partial charge in [-0.05, 0) is 75.3 Å². The molecule has 0 amide bonds. The SMILES string of the molecule is C=C1CC(c2ccccc2)C(C)C2=C1C(C)(C)N(C)C2(C)C. The first-order valence-corrected chi connectivity index (χ1v) is 8.41. The lowest BCUT2D eigenvalue weighted by molar-refractivity contribution is 0.121. The van der Waals surface area contributed by atoms with Crippen molar-refractivity contribution in [1.82, 2.24) is 4.90 Å². The molecule has 1 aliphatic carbocycles. The summed E-state index contributed by atoms with van der Waals surface area (Å²) in [7, 11) is 2.26. The van der Waals surface area contributed by atoms with Crippen LogP contribution >= 0.6 is 0 Å². The lowest BCUT2D eigenvalue weighted by Gasteiger charge is -2.40. The van der Waals surface area contributed by atoms with E-state index in [4.69, 9.17) is 0 Å². The molecule has 2 unspecified atom stereocenters. The summed E-state index contributed by atoms with van der Waals surface area (Å²) in [6, 6.07) is 11.0. The zero-order valence-electron chi connectivity index (χ0n) is 14.9. The zero-order chi connectivity index (χ0) is 16.3. The van der Waals surface area contributed by atoms with Crippen molar-refractivity contribution in [1.29, 1.82) is 0 Å². The second kappa shape index (κ2) is 4.83. The molecular weight excluding hydrogens is 266 g/mol. The third-order valence-corrected chi connectivity index (χ3v) is 6.32. The number of hydrogen-bond donors (Lipinski definition) is 0. The van der Waals surface area contributed by atoms with Crippen LogP contribution in [0.5, 0.6) is 0 Å². The van der Waals surface area contributed by atoms with Crippen LogP contribution in [0.25, 0.3) is 0 Å². The molecule has 1 nitrogen and oxygen atoms in total. The summed E-state index contributed by atoms with van der Waals surface area (Å²) >= 11 is 0. The van der Waals surface area contributed by atoms with Crippen LogP contribution in [0.15, 0.2) is 53.6 Å². The van der Waals surface area contributed by atoms with E-state index in [2.05, 4.69) is 83.5 Å². The lowest BCUT2D eigenvalue weighted by atomic mass is 9.66. The summed E-state index contributed by atoms with van der Waals surface area (Å²) in [5.74, 6) is 1.11. The molecule has 2 aliphatic rings. The molecule has 1 aromatic rings. The first kappa shape index (κ1) is 15.6. The molecule has 0 fully saturated rings. The first-order chi connectivity index (χ1) is 10.2. The molecule has 0 saturated carbocycles. The monoisotopic (exact) mass is 295 g/mol. The Balaban J connectivity index is 2.13. The molecule has 2 atom stereocenters. The molecule has 1 heteroatoms. The molecule has 0 saturated heterocycles. The number of benzene rings is 1. The van der Waals surface area contributed by atoms with E-state index in [1.807, 2.05) is 0 Å². The molecule has 118 valence electrons. The number of likely N-dealkylation sites (N-methyl/N-ethyl adjacent to an activating group) is 1. The molecule has 0 N–H and O–H groups in total. The highest BCUT2D eigenvalue weighted by Gasteiger charge is 2.53. The minimum atomic E-state index is 0.0752. The minimum absolute atomic E-state index is 0.0752. The molecule has 22 heavy (non-hydrogen) atoms. The van der Waals surface area contributed by atoms with Crippen molar-refractivity contribution in [3.63, 3.8) is 0 Å². The number of rotatable bonds is 1. The average molecular weight is 295 g/mol. The van der Waals surface area contributed by atoms with Gasteiger partial charge in [0.2, 0.25) is 0 Å². The highest BCUT2D eigenvalue weighted by Crippen LogP contribution is 2.56. The maximum absolute atomic E-state index is 4.48. The van der Waals surface area contributed by atoms with Crippen molar-refractivity contribution in [3.8, 4) is 0 Å². The van der Waals surface area contributed by atoms with Crippen LogP contribution in [-0.2, 0) is 0 Å². The van der Waals surface area contributed by atoms with Gasteiger partial charge in [-0.1, -0.05) is 43.8 Å². The fourth-order valence-electron chi connectivity index (χ4n) is 4.94. The van der Waals surface area contributed by atoms with Gasteiger partial charge >= 0.3 is 0 Å². The van der Waals surface area contributed by atoms with Gasteiger partial charge in [0.1, 0.15) is 0 Å². The maximum atomic E-state index is 4.48. The predicted molar refractivity (Wildman–Crippen MR) is 95.1 cm³/mol. The zero-order valence-corrected chi connectivity index (χ0v) is 14.9. The minimum Gasteiger partial charge on any atom is -0.288 e. The molecule has 1 aromatic carbocycles. The van der Waals surface area contributed by atoms with Gasteiger partial charge in [-0.3, -0.25) is 4.90 Å². The van der Waals surface area contributed by atoms with Crippen LogP contribution in [0.1, 0.15) is 52.5 Å². The van der Waals surface area contributed by atoms with Crippen LogP contribution in [-0.4, -0.2) is 23.0 Å². The van der Waals surface area contributed by atoms with E-state index in [1.165, 1.54) is 16.7 Å². The highest BCUT2D eigenvalue weighted by atomic mass is 15.3. The Morgan fingerprint density at radius 2 is 1.64 bits per heavy atom. The van der Waals surface area contributed by atoms with Crippen LogP contribution in [0, 0.1) is 5.92 Å². The number of hydrogen-bond acceptors (Lipinski definition) is 1. The first-order valence-electron chi connectivity index (χ1n) is 8.41. The summed E-state index contributed by atoms with van der Waals surface area (Å²) in [6.45, 7) is 16.3. The summed E-state index contributed by atoms with van der Waals surface area (Å²) in [4.78, 5) is 2.53. The molecule has 0 radical (unpaired) electrons. The van der Waals surface area contributed by atoms with Crippen LogP contribution in [0.3, 0.4) is 0 Å². The molecular formula is C21H29N. The van der Waals surface area contributed by atoms with Crippen molar-refractivity contribution in [2.24, 2.45) is 5.92 Å². The van der Waals surface area contributed by atoms with Crippen molar-refractivity contribution in [2.45, 2.75) is 58.0 Å². The summed E-state index contributed by atoms with van der Waals surface area (Å²) < 4.78 is 0. The van der Waals surface area contributed by atoms with Crippen LogP contribution in [0.4, 0.5) is 0 Å². The standard InChI is InChI=1S/C21H29N/c1-14-13-17(16-11-9-8-10-12-16)15(2)19-18(14)20(3,4)22(7)21(19,5)6/h8-12,15,17H,1,13H2,2-7H3. The molecule has 0 spiro atoms. The lowest BCUT2D eigenvalue weighted by Crippen LogP contribution is -2.48. The normalized spacial score (nSPS) is 30.5. The fraction of sp³-hybridized carbons (Fsp3) is 0.524. The number of nitrogens with zero attached hydrogens (tertiary/aromatic N) is 1. The predicted octanol–water partition coefficient (Wildman–Crippen LogP) is 5.17. The van der Waals surface area contributed by atoms with Gasteiger partial charge in [0.05, 0.1) is 0 Å². The van der Waals surface area contributed by atoms with Crippen LogP contribution < -0.4 is 0 Å². The van der Waals surface area contributed by atoms with Gasteiger partial charge in [0.15, 0.2) is 0 Å². The Bertz CT molecular complexity index is 633. The molecule has 0 aromatic heterocycles. The Kier molecular flexibility index (Phi) is 3.41. The van der Waals surface area contributed by atoms with Crippen molar-refractivity contribution < 1.29 is 0 Å². The van der Waals surface area contributed by atoms with Gasteiger partial charge < -0.3 is 0 Å². The average Bonchev–Trinajstić information content (AvgIpc) is 2.62. The fourth-order valence-corrected chi connectivity index (χ4v) is 4.94. The summed E-state index contributed by atoms with van der Waals surface area (Å²) in [5, 5.41) is 0. The van der Waals surface area contributed by atoms with E-state index in [9.17, 15) is 0 Å². The van der Waals surface area contributed by atoms with Gasteiger partial charge in [0.25, 0.3) is 0 Å². The third-order valence-electron chi connectivity index (χ3n) is 6.32. The highest BCUT2D eigenvalue weighted by molar-refractivity contribution is 5.54. The second-order valence-electron chi connectivity index (χ2n) is 8.08. The van der Waals surface area contributed by atoms with E-state index in [-0.39, 0.29) is 11.1 Å². The van der Waals surface area contributed by atoms with Gasteiger partial charge in [0, 0.05) is 11.1 Å². The summed E-state index contributed by atoms with van der Waals surface area (Å²) in [6.07, 6.45) is 1.08. The van der Waals surface area contributed by atoms with Crippen molar-refractivity contribution >= 4 is 0 Å². The van der Waals surface area contributed by atoms with E-state index in [0.717, 1.165) is 6.42 Å². The topological polar surface area (TPSA) is 3.24 Å². The van der Waals surface area contributed by atoms with Gasteiger partial charge in [-0.15, -0.1) is 0 Å². The van der Waals surface area contributed by atoms with E-state index >= 15 is 0 Å². The second-order valence-corrected chi connectivity index (χ2v) is 8.08. The van der Waals surface area contributed by atoms with E-state index in [1.54, 1.807) is 5.57 Å². The molecule has 0 bridgehead atoms. The smallest absolute Gasteiger partial charge is 0.0412 e. The Labute approximate surface area is 135 Å². The molecule has 1 heterocycles. The van der Waals surface area contributed by atoms with Crippen molar-refractivity contribution in [2.75, 3.05) is 7.05 Å². The third kappa shape index (κ3) is 1.95. The quantitative estimate of drug-likeness (QED) is 0.691. The Morgan fingerprint density at radius 1 is 1.05 bits per heavy atom. The Hall–Kier alpha value is -1.34. The van der Waals surface area contributed by atoms with Gasteiger partial charge in [-0.25, -0.2) is 0 Å². The van der Waals surface area contributed by atoms with E-state index in [0.29, 0.717) is 11.8 Å². The molecule has 1 aliphatic heterocycles. The largest absolute Gasteiger partial charge is 0.288 e. The van der Waals surface area contributed by atoms with E-state index < -0.39 is 0 Å². The molecule has 3 rings (SSSR count).